The molecule has 0 aromatic heterocycles. The summed E-state index contributed by atoms with van der Waals surface area (Å²) >= 11 is 0. The molecular formula is C18H25NO3. The van der Waals surface area contributed by atoms with Crippen molar-refractivity contribution in [2.45, 2.75) is 44.1 Å². The van der Waals surface area contributed by atoms with Gasteiger partial charge in [-0.15, -0.1) is 0 Å². The van der Waals surface area contributed by atoms with Crippen molar-refractivity contribution < 1.29 is 14.6 Å². The maximum Gasteiger partial charge on any atom is 0.314 e. The zero-order chi connectivity index (χ0) is 15.5. The van der Waals surface area contributed by atoms with Gasteiger partial charge in [-0.2, -0.15) is 0 Å². The van der Waals surface area contributed by atoms with Crippen LogP contribution in [0.1, 0.15) is 43.6 Å². The second-order valence-electron chi connectivity index (χ2n) is 6.69. The van der Waals surface area contributed by atoms with E-state index in [1.807, 2.05) is 19.2 Å². The first kappa shape index (κ1) is 15.3. The highest BCUT2D eigenvalue weighted by atomic mass is 16.5. The van der Waals surface area contributed by atoms with Crippen LogP contribution in [0.5, 0.6) is 5.75 Å². The number of nitrogens with zero attached hydrogens (tertiary/aromatic N) is 1. The summed E-state index contributed by atoms with van der Waals surface area (Å²) in [6, 6.07) is 7.20. The van der Waals surface area contributed by atoms with E-state index in [2.05, 4.69) is 4.90 Å². The van der Waals surface area contributed by atoms with Crippen LogP contribution in [0.2, 0.25) is 0 Å². The molecule has 0 spiro atoms. The lowest BCUT2D eigenvalue weighted by Crippen LogP contribution is -2.28. The third-order valence-corrected chi connectivity index (χ3v) is 5.03. The summed E-state index contributed by atoms with van der Waals surface area (Å²) in [6.45, 7) is 1.78. The van der Waals surface area contributed by atoms with E-state index in [1.54, 1.807) is 12.1 Å². The standard InChI is InChI=1S/C18H25NO3/c1-19-11-10-14(12-19)22-18(21)17(13-6-2-3-7-13)15-8-4-5-9-16(15)20/h4-5,8-9,13-14,17,20H,2-3,6-7,10-12H2,1H3. The van der Waals surface area contributed by atoms with Crippen LogP contribution in [-0.4, -0.2) is 42.2 Å². The van der Waals surface area contributed by atoms with Crippen molar-refractivity contribution in [3.05, 3.63) is 29.8 Å². The van der Waals surface area contributed by atoms with Crippen molar-refractivity contribution in [1.29, 1.82) is 0 Å². The molecule has 1 aliphatic carbocycles. The summed E-state index contributed by atoms with van der Waals surface area (Å²) < 4.78 is 5.77. The van der Waals surface area contributed by atoms with E-state index in [-0.39, 0.29) is 23.7 Å². The Balaban J connectivity index is 1.79. The van der Waals surface area contributed by atoms with Crippen LogP contribution in [0.4, 0.5) is 0 Å². The second kappa shape index (κ2) is 6.69. The van der Waals surface area contributed by atoms with Gasteiger partial charge in [-0.25, -0.2) is 0 Å². The molecule has 4 nitrogen and oxygen atoms in total. The van der Waals surface area contributed by atoms with Gasteiger partial charge in [0.2, 0.25) is 0 Å². The van der Waals surface area contributed by atoms with E-state index in [1.165, 1.54) is 0 Å². The van der Waals surface area contributed by atoms with E-state index < -0.39 is 0 Å². The smallest absolute Gasteiger partial charge is 0.314 e. The van der Waals surface area contributed by atoms with Crippen LogP contribution in [0.15, 0.2) is 24.3 Å². The molecule has 120 valence electrons. The Bertz CT molecular complexity index is 525. The molecule has 3 rings (SSSR count). The number of carbonyl (C=O) groups is 1. The second-order valence-corrected chi connectivity index (χ2v) is 6.69. The number of likely N-dealkylation sites (N-methyl/N-ethyl adjacent to an activating group) is 1. The molecule has 1 heterocycles. The molecule has 4 heteroatoms. The zero-order valence-electron chi connectivity index (χ0n) is 13.2. The van der Waals surface area contributed by atoms with Gasteiger partial charge in [-0.3, -0.25) is 4.79 Å². The highest BCUT2D eigenvalue weighted by Crippen LogP contribution is 2.41. The topological polar surface area (TPSA) is 49.8 Å². The highest BCUT2D eigenvalue weighted by molar-refractivity contribution is 5.80. The molecule has 1 saturated carbocycles. The normalized spacial score (nSPS) is 24.5. The third kappa shape index (κ3) is 3.27. The van der Waals surface area contributed by atoms with E-state index in [9.17, 15) is 9.90 Å². The minimum absolute atomic E-state index is 0.00717. The largest absolute Gasteiger partial charge is 0.508 e. The van der Waals surface area contributed by atoms with E-state index in [0.717, 1.165) is 50.8 Å². The van der Waals surface area contributed by atoms with Crippen LogP contribution in [0, 0.1) is 5.92 Å². The Kier molecular flexibility index (Phi) is 4.67. The van der Waals surface area contributed by atoms with Gasteiger partial charge < -0.3 is 14.7 Å². The molecule has 0 bridgehead atoms. The summed E-state index contributed by atoms with van der Waals surface area (Å²) in [6.07, 6.45) is 5.30. The number of rotatable bonds is 4. The molecule has 22 heavy (non-hydrogen) atoms. The van der Waals surface area contributed by atoms with E-state index >= 15 is 0 Å². The maximum absolute atomic E-state index is 12.8. The third-order valence-electron chi connectivity index (χ3n) is 5.03. The molecule has 1 aromatic carbocycles. The molecule has 1 saturated heterocycles. The molecule has 1 aromatic rings. The minimum Gasteiger partial charge on any atom is -0.508 e. The fourth-order valence-corrected chi connectivity index (χ4v) is 3.84. The Labute approximate surface area is 132 Å². The van der Waals surface area contributed by atoms with Gasteiger partial charge >= 0.3 is 5.97 Å². The summed E-state index contributed by atoms with van der Waals surface area (Å²) in [7, 11) is 2.05. The van der Waals surface area contributed by atoms with Gasteiger partial charge in [-0.05, 0) is 38.3 Å². The number of phenolic OH excluding ortho intramolecular Hbond substituents is 1. The van der Waals surface area contributed by atoms with E-state index in [4.69, 9.17) is 4.74 Å². The number of ether oxygens (including phenoxy) is 1. The SMILES string of the molecule is CN1CCC(OC(=O)C(c2ccccc2O)C2CCCC2)C1. The van der Waals surface area contributed by atoms with Gasteiger partial charge in [0, 0.05) is 18.7 Å². The van der Waals surface area contributed by atoms with Gasteiger partial charge in [-0.1, -0.05) is 31.0 Å². The van der Waals surface area contributed by atoms with E-state index in [0.29, 0.717) is 5.92 Å². The fourth-order valence-electron chi connectivity index (χ4n) is 3.84. The number of likely N-dealkylation sites (tertiary alicyclic amines) is 1. The summed E-state index contributed by atoms with van der Waals surface area (Å²) in [5, 5.41) is 10.2. The predicted octanol–water partition coefficient (Wildman–Crippen LogP) is 2.91. The molecule has 2 fully saturated rings. The molecule has 2 aliphatic rings. The number of para-hydroxylation sites is 1. The summed E-state index contributed by atoms with van der Waals surface area (Å²) in [5.74, 6) is 0.0168. The lowest BCUT2D eigenvalue weighted by molar-refractivity contribution is -0.151. The highest BCUT2D eigenvalue weighted by Gasteiger charge is 2.36. The van der Waals surface area contributed by atoms with Crippen molar-refractivity contribution in [1.82, 2.24) is 4.90 Å². The quantitative estimate of drug-likeness (QED) is 0.869. The maximum atomic E-state index is 12.8. The number of benzene rings is 1. The first-order valence-corrected chi connectivity index (χ1v) is 8.32. The van der Waals surface area contributed by atoms with Crippen LogP contribution in [0.3, 0.4) is 0 Å². The number of hydrogen-bond donors (Lipinski definition) is 1. The molecule has 0 amide bonds. The van der Waals surface area contributed by atoms with Crippen molar-refractivity contribution >= 4 is 5.97 Å². The van der Waals surface area contributed by atoms with Crippen LogP contribution >= 0.6 is 0 Å². The first-order chi connectivity index (χ1) is 10.6. The van der Waals surface area contributed by atoms with Gasteiger partial charge in [0.25, 0.3) is 0 Å². The zero-order valence-corrected chi connectivity index (χ0v) is 13.2. The van der Waals surface area contributed by atoms with Crippen molar-refractivity contribution in [2.75, 3.05) is 20.1 Å². The Morgan fingerprint density at radius 3 is 2.64 bits per heavy atom. The monoisotopic (exact) mass is 303 g/mol. The molecule has 2 unspecified atom stereocenters. The van der Waals surface area contributed by atoms with Crippen LogP contribution < -0.4 is 0 Å². The Morgan fingerprint density at radius 2 is 2.00 bits per heavy atom. The van der Waals surface area contributed by atoms with Gasteiger partial charge in [0.15, 0.2) is 0 Å². The van der Waals surface area contributed by atoms with Crippen molar-refractivity contribution in [3.63, 3.8) is 0 Å². The van der Waals surface area contributed by atoms with Crippen LogP contribution in [0.25, 0.3) is 0 Å². The summed E-state index contributed by atoms with van der Waals surface area (Å²) in [4.78, 5) is 15.0. The first-order valence-electron chi connectivity index (χ1n) is 8.32. The number of carbonyl (C=O) groups excluding carboxylic acids is 1. The lowest BCUT2D eigenvalue weighted by atomic mass is 9.84. The van der Waals surface area contributed by atoms with Gasteiger partial charge in [0.1, 0.15) is 11.9 Å². The predicted molar refractivity (Wildman–Crippen MR) is 84.8 cm³/mol. The number of aromatic hydroxyl groups is 1. The molecule has 1 N–H and O–H groups in total. The molecule has 0 radical (unpaired) electrons. The Morgan fingerprint density at radius 1 is 1.27 bits per heavy atom. The van der Waals surface area contributed by atoms with Crippen LogP contribution in [-0.2, 0) is 9.53 Å². The van der Waals surface area contributed by atoms with Crippen molar-refractivity contribution in [2.24, 2.45) is 5.92 Å². The Hall–Kier alpha value is -1.55. The molecule has 2 atom stereocenters. The number of hydrogen-bond acceptors (Lipinski definition) is 4. The minimum atomic E-state index is -0.324. The average molecular weight is 303 g/mol. The number of phenols is 1. The number of esters is 1. The fraction of sp³-hybridized carbons (Fsp3) is 0.611. The summed E-state index contributed by atoms with van der Waals surface area (Å²) in [5.41, 5.74) is 0.728. The van der Waals surface area contributed by atoms with Crippen molar-refractivity contribution in [3.8, 4) is 5.75 Å². The lowest BCUT2D eigenvalue weighted by Gasteiger charge is -2.24. The molecule has 1 aliphatic heterocycles. The van der Waals surface area contributed by atoms with Gasteiger partial charge in [0.05, 0.1) is 5.92 Å². The molecular weight excluding hydrogens is 278 g/mol. The average Bonchev–Trinajstić information content (AvgIpc) is 3.14.